The fourth-order valence-electron chi connectivity index (χ4n) is 2.86. The molecule has 0 radical (unpaired) electrons. The lowest BCUT2D eigenvalue weighted by Crippen LogP contribution is -1.97. The predicted molar refractivity (Wildman–Crippen MR) is 110 cm³/mol. The molecular formula is C20H13N3O7. The standard InChI is InChI=1S/C14H10.C6H3N3O7/c1-2-6-12-10-14-8-4-3-7-13(14)9-11(12)5-1;10-6-4(8(13)14)1-3(7(11)12)2-5(6)9(15)16/h1-10H;1-2,10H. The molecule has 0 aromatic heterocycles. The molecule has 0 fully saturated rings. The Kier molecular flexibility index (Phi) is 5.50. The Morgan fingerprint density at radius 2 is 0.900 bits per heavy atom. The molecule has 4 aromatic rings. The van der Waals surface area contributed by atoms with E-state index in [0.717, 1.165) is 0 Å². The Balaban J connectivity index is 0.000000171. The van der Waals surface area contributed by atoms with Gasteiger partial charge in [-0.1, -0.05) is 48.5 Å². The van der Waals surface area contributed by atoms with Crippen LogP contribution in [0.2, 0.25) is 0 Å². The maximum Gasteiger partial charge on any atom is 0.324 e. The molecule has 0 heterocycles. The van der Waals surface area contributed by atoms with Gasteiger partial charge in [-0.3, -0.25) is 30.3 Å². The predicted octanol–water partition coefficient (Wildman–Crippen LogP) is 5.11. The summed E-state index contributed by atoms with van der Waals surface area (Å²) in [5.41, 5.74) is -3.00. The third-order valence-corrected chi connectivity index (χ3v) is 4.27. The van der Waals surface area contributed by atoms with Crippen molar-refractivity contribution in [2.45, 2.75) is 0 Å². The van der Waals surface area contributed by atoms with Gasteiger partial charge in [0.05, 0.1) is 26.9 Å². The van der Waals surface area contributed by atoms with E-state index in [0.29, 0.717) is 12.1 Å². The third-order valence-electron chi connectivity index (χ3n) is 4.27. The number of benzene rings is 4. The number of nitro benzene ring substituents is 3. The number of phenols is 1. The maximum atomic E-state index is 10.4. The number of fused-ring (bicyclic) bond motifs is 2. The number of nitrogens with zero attached hydrogens (tertiary/aromatic N) is 3. The van der Waals surface area contributed by atoms with Gasteiger partial charge in [-0.05, 0) is 33.7 Å². The molecule has 0 aliphatic rings. The van der Waals surface area contributed by atoms with Gasteiger partial charge in [0.25, 0.3) is 11.4 Å². The SMILES string of the molecule is O=[N+]([O-])c1cc([N+](=O)[O-])c(O)c([N+](=O)[O-])c1.c1ccc2cc3ccccc3cc2c1. The molecule has 10 heteroatoms. The first-order chi connectivity index (χ1) is 14.3. The van der Waals surface area contributed by atoms with E-state index in [2.05, 4.69) is 60.7 Å². The summed E-state index contributed by atoms with van der Waals surface area (Å²) in [4.78, 5) is 27.8. The average molecular weight is 407 g/mol. The van der Waals surface area contributed by atoms with E-state index in [4.69, 9.17) is 5.11 Å². The van der Waals surface area contributed by atoms with E-state index in [-0.39, 0.29) is 0 Å². The number of hydrogen-bond donors (Lipinski definition) is 1. The zero-order valence-corrected chi connectivity index (χ0v) is 15.2. The van der Waals surface area contributed by atoms with E-state index < -0.39 is 37.6 Å². The van der Waals surface area contributed by atoms with E-state index in [9.17, 15) is 30.3 Å². The molecule has 4 rings (SSSR count). The first-order valence-corrected chi connectivity index (χ1v) is 8.45. The van der Waals surface area contributed by atoms with Crippen molar-refractivity contribution in [1.29, 1.82) is 0 Å². The second-order valence-electron chi connectivity index (χ2n) is 6.15. The zero-order chi connectivity index (χ0) is 21.8. The van der Waals surface area contributed by atoms with Crippen molar-refractivity contribution in [3.63, 3.8) is 0 Å². The van der Waals surface area contributed by atoms with Gasteiger partial charge in [0, 0.05) is 0 Å². The van der Waals surface area contributed by atoms with Crippen LogP contribution in [0.1, 0.15) is 0 Å². The summed E-state index contributed by atoms with van der Waals surface area (Å²) in [6, 6.07) is 22.3. The molecule has 0 spiro atoms. The van der Waals surface area contributed by atoms with E-state index in [1.165, 1.54) is 21.5 Å². The number of phenolic OH excluding ortho intramolecular Hbond substituents is 1. The Labute approximate surface area is 168 Å². The van der Waals surface area contributed by atoms with Crippen molar-refractivity contribution in [3.05, 3.63) is 103 Å². The fourth-order valence-corrected chi connectivity index (χ4v) is 2.86. The van der Waals surface area contributed by atoms with E-state index in [1.807, 2.05) is 0 Å². The lowest BCUT2D eigenvalue weighted by molar-refractivity contribution is -0.404. The highest BCUT2D eigenvalue weighted by atomic mass is 16.6. The number of hydrogen-bond acceptors (Lipinski definition) is 7. The van der Waals surface area contributed by atoms with Gasteiger partial charge in [0.15, 0.2) is 0 Å². The highest BCUT2D eigenvalue weighted by Gasteiger charge is 2.30. The summed E-state index contributed by atoms with van der Waals surface area (Å²) < 4.78 is 0. The lowest BCUT2D eigenvalue weighted by atomic mass is 10.0. The van der Waals surface area contributed by atoms with Crippen molar-refractivity contribution in [1.82, 2.24) is 0 Å². The van der Waals surface area contributed by atoms with Crippen LogP contribution < -0.4 is 0 Å². The van der Waals surface area contributed by atoms with Gasteiger partial charge in [-0.2, -0.15) is 0 Å². The molecule has 10 nitrogen and oxygen atoms in total. The topological polar surface area (TPSA) is 150 Å². The second kappa shape index (κ2) is 8.19. The minimum Gasteiger partial charge on any atom is -0.497 e. The van der Waals surface area contributed by atoms with Gasteiger partial charge >= 0.3 is 11.4 Å². The highest BCUT2D eigenvalue weighted by Crippen LogP contribution is 2.38. The molecule has 0 saturated carbocycles. The largest absolute Gasteiger partial charge is 0.497 e. The first-order valence-electron chi connectivity index (χ1n) is 8.45. The average Bonchev–Trinajstić information content (AvgIpc) is 2.72. The summed E-state index contributed by atoms with van der Waals surface area (Å²) in [5.74, 6) is -1.21. The van der Waals surface area contributed by atoms with Crippen molar-refractivity contribution in [2.24, 2.45) is 0 Å². The van der Waals surface area contributed by atoms with Crippen LogP contribution in [-0.2, 0) is 0 Å². The molecule has 0 aliphatic carbocycles. The normalized spacial score (nSPS) is 10.3. The summed E-state index contributed by atoms with van der Waals surface area (Å²) in [6.45, 7) is 0. The van der Waals surface area contributed by atoms with Gasteiger partial charge < -0.3 is 5.11 Å². The molecule has 4 aromatic carbocycles. The number of rotatable bonds is 3. The minimum atomic E-state index is -1.21. The highest BCUT2D eigenvalue weighted by molar-refractivity contribution is 5.98. The van der Waals surface area contributed by atoms with Crippen molar-refractivity contribution >= 4 is 38.6 Å². The van der Waals surface area contributed by atoms with Crippen molar-refractivity contribution < 1.29 is 19.9 Å². The smallest absolute Gasteiger partial charge is 0.324 e. The fraction of sp³-hybridized carbons (Fsp3) is 0. The molecule has 0 saturated heterocycles. The van der Waals surface area contributed by atoms with Gasteiger partial charge in [-0.25, -0.2) is 0 Å². The van der Waals surface area contributed by atoms with Crippen LogP contribution in [0.3, 0.4) is 0 Å². The molecule has 0 bridgehead atoms. The van der Waals surface area contributed by atoms with Crippen LogP contribution in [0.5, 0.6) is 5.75 Å². The van der Waals surface area contributed by atoms with Crippen LogP contribution in [0.4, 0.5) is 17.1 Å². The molecular weight excluding hydrogens is 394 g/mol. The van der Waals surface area contributed by atoms with Crippen molar-refractivity contribution in [3.8, 4) is 5.75 Å². The molecule has 0 amide bonds. The quantitative estimate of drug-likeness (QED) is 0.281. The zero-order valence-electron chi connectivity index (χ0n) is 15.2. The van der Waals surface area contributed by atoms with Crippen LogP contribution in [-0.4, -0.2) is 19.9 Å². The Morgan fingerprint density at radius 1 is 0.567 bits per heavy atom. The lowest BCUT2D eigenvalue weighted by Gasteiger charge is -2.00. The van der Waals surface area contributed by atoms with Gasteiger partial charge in [0.2, 0.25) is 0 Å². The molecule has 0 atom stereocenters. The van der Waals surface area contributed by atoms with Gasteiger partial charge in [-0.15, -0.1) is 0 Å². The van der Waals surface area contributed by atoms with Crippen LogP contribution in [0.15, 0.2) is 72.8 Å². The summed E-state index contributed by atoms with van der Waals surface area (Å²) >= 11 is 0. The van der Waals surface area contributed by atoms with Crippen molar-refractivity contribution in [2.75, 3.05) is 0 Å². The molecule has 30 heavy (non-hydrogen) atoms. The van der Waals surface area contributed by atoms with E-state index in [1.54, 1.807) is 0 Å². The Morgan fingerprint density at radius 3 is 1.17 bits per heavy atom. The minimum absolute atomic E-state index is 0.447. The van der Waals surface area contributed by atoms with E-state index >= 15 is 0 Å². The molecule has 0 aliphatic heterocycles. The number of aromatic hydroxyl groups is 1. The maximum absolute atomic E-state index is 10.4. The van der Waals surface area contributed by atoms with Crippen LogP contribution >= 0.6 is 0 Å². The third kappa shape index (κ3) is 4.12. The molecule has 150 valence electrons. The first kappa shape index (κ1) is 20.1. The number of nitro groups is 3. The Bertz CT molecular complexity index is 1160. The summed E-state index contributed by atoms with van der Waals surface area (Å²) in [5, 5.41) is 45.5. The molecule has 1 N–H and O–H groups in total. The number of non-ortho nitro benzene ring substituents is 1. The summed E-state index contributed by atoms with van der Waals surface area (Å²) in [6.07, 6.45) is 0. The second-order valence-corrected chi connectivity index (χ2v) is 6.15. The van der Waals surface area contributed by atoms with Crippen LogP contribution in [0.25, 0.3) is 21.5 Å². The Hall–Kier alpha value is -4.60. The van der Waals surface area contributed by atoms with Crippen LogP contribution in [0, 0.1) is 30.3 Å². The van der Waals surface area contributed by atoms with Gasteiger partial charge in [0.1, 0.15) is 0 Å². The molecule has 0 unspecified atom stereocenters. The monoisotopic (exact) mass is 407 g/mol. The summed E-state index contributed by atoms with van der Waals surface area (Å²) in [7, 11) is 0.